The third-order valence-corrected chi connectivity index (χ3v) is 5.86. The van der Waals surface area contributed by atoms with E-state index in [4.69, 9.17) is 9.47 Å². The second-order valence-corrected chi connectivity index (χ2v) is 7.67. The average molecular weight is 293 g/mol. The number of nitrogens with zero attached hydrogens (tertiary/aromatic N) is 1. The number of ether oxygens (including phenoxy) is 2. The van der Waals surface area contributed by atoms with Crippen molar-refractivity contribution in [1.29, 1.82) is 0 Å². The van der Waals surface area contributed by atoms with Crippen molar-refractivity contribution in [2.45, 2.75) is 38.7 Å². The highest BCUT2D eigenvalue weighted by molar-refractivity contribution is 5.82. The lowest BCUT2D eigenvalue weighted by Gasteiger charge is -2.20. The standard InChI is InChI=1S/C17H27NO3/c1-11-6-14(11)17(19)18-7-15-13(10-21-16(15)8-18)4-5-20-9-12-2-3-12/h11-16H,2-10H2,1H3/t11-,13-,14-,15-,16-/m0/s1. The van der Waals surface area contributed by atoms with Gasteiger partial charge in [-0.15, -0.1) is 0 Å². The number of fused-ring (bicyclic) bond motifs is 1. The number of amides is 1. The van der Waals surface area contributed by atoms with Gasteiger partial charge in [0.15, 0.2) is 0 Å². The normalized spacial score (nSPS) is 41.4. The lowest BCUT2D eigenvalue weighted by molar-refractivity contribution is -0.132. The van der Waals surface area contributed by atoms with E-state index in [1.54, 1.807) is 0 Å². The third-order valence-electron chi connectivity index (χ3n) is 5.86. The minimum atomic E-state index is 0.288. The van der Waals surface area contributed by atoms with Gasteiger partial charge in [0, 0.05) is 38.1 Å². The highest BCUT2D eigenvalue weighted by Crippen LogP contribution is 2.42. The number of likely N-dealkylation sites (tertiary alicyclic amines) is 1. The first kappa shape index (κ1) is 14.0. The van der Waals surface area contributed by atoms with Crippen molar-refractivity contribution in [3.8, 4) is 0 Å². The zero-order valence-corrected chi connectivity index (χ0v) is 13.0. The number of hydrogen-bond donors (Lipinski definition) is 0. The van der Waals surface area contributed by atoms with Gasteiger partial charge in [0.25, 0.3) is 0 Å². The van der Waals surface area contributed by atoms with Crippen LogP contribution in [0.3, 0.4) is 0 Å². The summed E-state index contributed by atoms with van der Waals surface area (Å²) in [4.78, 5) is 14.4. The average Bonchev–Trinajstić information content (AvgIpc) is 3.34. The van der Waals surface area contributed by atoms with Crippen molar-refractivity contribution < 1.29 is 14.3 Å². The Hall–Kier alpha value is -0.610. The van der Waals surface area contributed by atoms with Crippen molar-refractivity contribution in [2.24, 2.45) is 29.6 Å². The van der Waals surface area contributed by atoms with Gasteiger partial charge in [0.1, 0.15) is 0 Å². The van der Waals surface area contributed by atoms with Crippen molar-refractivity contribution in [3.63, 3.8) is 0 Å². The van der Waals surface area contributed by atoms with Crippen molar-refractivity contribution >= 4 is 5.91 Å². The minimum absolute atomic E-state index is 0.288. The van der Waals surface area contributed by atoms with Crippen LogP contribution < -0.4 is 0 Å². The van der Waals surface area contributed by atoms with Crippen LogP contribution in [0, 0.1) is 29.6 Å². The molecule has 0 aromatic carbocycles. The molecule has 4 aliphatic rings. The number of rotatable bonds is 6. The Bertz CT molecular complexity index is 409. The van der Waals surface area contributed by atoms with Crippen LogP contribution in [0.4, 0.5) is 0 Å². The van der Waals surface area contributed by atoms with E-state index in [9.17, 15) is 4.79 Å². The fourth-order valence-electron chi connectivity index (χ4n) is 3.95. The predicted molar refractivity (Wildman–Crippen MR) is 78.7 cm³/mol. The Kier molecular flexibility index (Phi) is 3.70. The molecule has 0 spiro atoms. The molecule has 2 saturated heterocycles. The quantitative estimate of drug-likeness (QED) is 0.703. The Morgan fingerprint density at radius 3 is 2.86 bits per heavy atom. The van der Waals surface area contributed by atoms with Gasteiger partial charge in [0.05, 0.1) is 12.7 Å². The van der Waals surface area contributed by atoms with E-state index in [2.05, 4.69) is 11.8 Å². The summed E-state index contributed by atoms with van der Waals surface area (Å²) >= 11 is 0. The van der Waals surface area contributed by atoms with Gasteiger partial charge in [-0.1, -0.05) is 6.92 Å². The number of carbonyl (C=O) groups excluding carboxylic acids is 1. The molecule has 2 heterocycles. The summed E-state index contributed by atoms with van der Waals surface area (Å²) in [6.45, 7) is 6.60. The first-order chi connectivity index (χ1) is 10.2. The van der Waals surface area contributed by atoms with Crippen molar-refractivity contribution in [2.75, 3.05) is 32.9 Å². The summed E-state index contributed by atoms with van der Waals surface area (Å²) in [5.41, 5.74) is 0. The molecule has 118 valence electrons. The molecular weight excluding hydrogens is 266 g/mol. The topological polar surface area (TPSA) is 38.8 Å². The van der Waals surface area contributed by atoms with Crippen LogP contribution in [0.1, 0.15) is 32.6 Å². The van der Waals surface area contributed by atoms with E-state index >= 15 is 0 Å². The first-order valence-electron chi connectivity index (χ1n) is 8.70. The van der Waals surface area contributed by atoms with E-state index in [1.165, 1.54) is 12.8 Å². The van der Waals surface area contributed by atoms with Crippen LogP contribution in [0.15, 0.2) is 0 Å². The lowest BCUT2D eigenvalue weighted by atomic mass is 9.91. The largest absolute Gasteiger partial charge is 0.381 e. The molecule has 4 fully saturated rings. The summed E-state index contributed by atoms with van der Waals surface area (Å²) in [7, 11) is 0. The van der Waals surface area contributed by atoms with Crippen molar-refractivity contribution in [1.82, 2.24) is 4.90 Å². The molecule has 0 aromatic rings. The second-order valence-electron chi connectivity index (χ2n) is 7.67. The zero-order chi connectivity index (χ0) is 14.4. The van der Waals surface area contributed by atoms with Crippen LogP contribution in [-0.4, -0.2) is 49.8 Å². The first-order valence-corrected chi connectivity index (χ1v) is 8.70. The molecule has 0 N–H and O–H groups in total. The fraction of sp³-hybridized carbons (Fsp3) is 0.941. The molecule has 2 saturated carbocycles. The number of hydrogen-bond acceptors (Lipinski definition) is 3. The molecule has 1 amide bonds. The Morgan fingerprint density at radius 2 is 2.14 bits per heavy atom. The lowest BCUT2D eigenvalue weighted by Crippen LogP contribution is -2.32. The molecule has 2 aliphatic carbocycles. The maximum atomic E-state index is 12.3. The highest BCUT2D eigenvalue weighted by atomic mass is 16.5. The number of carbonyl (C=O) groups is 1. The molecular formula is C17H27NO3. The summed E-state index contributed by atoms with van der Waals surface area (Å²) in [5, 5.41) is 0. The summed E-state index contributed by atoms with van der Waals surface area (Å²) in [6, 6.07) is 0. The monoisotopic (exact) mass is 293 g/mol. The Morgan fingerprint density at radius 1 is 1.33 bits per heavy atom. The molecule has 0 bridgehead atoms. The van der Waals surface area contributed by atoms with Crippen LogP contribution in [0.25, 0.3) is 0 Å². The molecule has 21 heavy (non-hydrogen) atoms. The molecule has 0 radical (unpaired) electrons. The molecule has 4 heteroatoms. The van der Waals surface area contributed by atoms with E-state index in [0.717, 1.165) is 51.7 Å². The van der Waals surface area contributed by atoms with E-state index < -0.39 is 0 Å². The zero-order valence-electron chi connectivity index (χ0n) is 13.0. The summed E-state index contributed by atoms with van der Waals surface area (Å²) < 4.78 is 11.7. The van der Waals surface area contributed by atoms with Crippen molar-refractivity contribution in [3.05, 3.63) is 0 Å². The summed E-state index contributed by atoms with van der Waals surface area (Å²) in [5.74, 6) is 3.27. The van der Waals surface area contributed by atoms with Crippen LogP contribution in [0.5, 0.6) is 0 Å². The third kappa shape index (κ3) is 2.98. The van der Waals surface area contributed by atoms with E-state index in [1.807, 2.05) is 0 Å². The molecule has 5 atom stereocenters. The van der Waals surface area contributed by atoms with Crippen LogP contribution in [0.2, 0.25) is 0 Å². The maximum Gasteiger partial charge on any atom is 0.226 e. The SMILES string of the molecule is C[C@H]1C[C@@H]1C(=O)N1C[C@H]2[C@@H](CCOCC3CC3)CO[C@H]2C1. The second kappa shape index (κ2) is 5.54. The van der Waals surface area contributed by atoms with Gasteiger partial charge in [0.2, 0.25) is 5.91 Å². The molecule has 2 aliphatic heterocycles. The van der Waals surface area contributed by atoms with E-state index in [0.29, 0.717) is 29.6 Å². The maximum absolute atomic E-state index is 12.3. The highest BCUT2D eigenvalue weighted by Gasteiger charge is 2.49. The van der Waals surface area contributed by atoms with Gasteiger partial charge < -0.3 is 14.4 Å². The van der Waals surface area contributed by atoms with Gasteiger partial charge >= 0.3 is 0 Å². The van der Waals surface area contributed by atoms with E-state index in [-0.39, 0.29) is 6.10 Å². The molecule has 4 nitrogen and oxygen atoms in total. The minimum Gasteiger partial charge on any atom is -0.381 e. The Balaban J connectivity index is 1.24. The molecule has 0 aromatic heterocycles. The Labute approximate surface area is 127 Å². The van der Waals surface area contributed by atoms with Crippen LogP contribution >= 0.6 is 0 Å². The smallest absolute Gasteiger partial charge is 0.226 e. The van der Waals surface area contributed by atoms with Gasteiger partial charge in [-0.25, -0.2) is 0 Å². The van der Waals surface area contributed by atoms with Crippen LogP contribution in [-0.2, 0) is 14.3 Å². The van der Waals surface area contributed by atoms with Gasteiger partial charge in [-0.3, -0.25) is 4.79 Å². The van der Waals surface area contributed by atoms with Gasteiger partial charge in [-0.05, 0) is 43.4 Å². The van der Waals surface area contributed by atoms with Gasteiger partial charge in [-0.2, -0.15) is 0 Å². The fourth-order valence-corrected chi connectivity index (χ4v) is 3.95. The molecule has 4 rings (SSSR count). The molecule has 0 unspecified atom stereocenters. The summed E-state index contributed by atoms with van der Waals surface area (Å²) in [6.07, 6.45) is 5.18. The predicted octanol–water partition coefficient (Wildman–Crippen LogP) is 1.93.